The first-order chi connectivity index (χ1) is 36.0. The molecule has 0 bridgehead atoms. The zero-order valence-electron chi connectivity index (χ0n) is 48.9. The van der Waals surface area contributed by atoms with Crippen molar-refractivity contribution < 1.29 is 28.6 Å². The number of carbonyl (C=O) groups is 3. The summed E-state index contributed by atoms with van der Waals surface area (Å²) in [7, 11) is 0. The molecule has 0 heterocycles. The van der Waals surface area contributed by atoms with E-state index in [1.165, 1.54) is 218 Å². The molecule has 1 atom stereocenters. The number of hydrogen-bond donors (Lipinski definition) is 0. The Morgan fingerprint density at radius 3 is 0.836 bits per heavy atom. The van der Waals surface area contributed by atoms with Crippen molar-refractivity contribution >= 4 is 17.9 Å². The minimum absolute atomic E-state index is 0.0676. The van der Waals surface area contributed by atoms with Crippen LogP contribution in [0.5, 0.6) is 0 Å². The largest absolute Gasteiger partial charge is 0.462 e. The lowest BCUT2D eigenvalue weighted by Crippen LogP contribution is -2.30. The van der Waals surface area contributed by atoms with Gasteiger partial charge in [-0.05, 0) is 57.8 Å². The first kappa shape index (κ1) is 70.4. The zero-order chi connectivity index (χ0) is 52.9. The summed E-state index contributed by atoms with van der Waals surface area (Å²) in [5.74, 6) is -0.850. The van der Waals surface area contributed by atoms with Crippen molar-refractivity contribution in [3.8, 4) is 0 Å². The first-order valence-electron chi connectivity index (χ1n) is 32.1. The van der Waals surface area contributed by atoms with Crippen LogP contribution in [0.1, 0.15) is 342 Å². The van der Waals surface area contributed by atoms with Gasteiger partial charge in [-0.3, -0.25) is 14.4 Å². The maximum Gasteiger partial charge on any atom is 0.306 e. The molecule has 0 rings (SSSR count). The highest BCUT2D eigenvalue weighted by atomic mass is 16.6. The van der Waals surface area contributed by atoms with Crippen LogP contribution in [0.2, 0.25) is 0 Å². The molecule has 0 fully saturated rings. The van der Waals surface area contributed by atoms with E-state index in [4.69, 9.17) is 14.2 Å². The maximum atomic E-state index is 12.9. The fraction of sp³-hybridized carbons (Fsp3) is 0.836. The normalized spacial score (nSPS) is 12.3. The van der Waals surface area contributed by atoms with E-state index in [-0.39, 0.29) is 31.1 Å². The Bertz CT molecular complexity index is 1270. The average molecular weight is 1020 g/mol. The van der Waals surface area contributed by atoms with Crippen molar-refractivity contribution in [2.45, 2.75) is 348 Å². The van der Waals surface area contributed by atoms with E-state index in [2.05, 4.69) is 69.4 Å². The number of esters is 3. The van der Waals surface area contributed by atoms with Gasteiger partial charge in [0.1, 0.15) is 13.2 Å². The highest BCUT2D eigenvalue weighted by Crippen LogP contribution is 2.18. The van der Waals surface area contributed by atoms with Crippen LogP contribution in [0.15, 0.2) is 48.6 Å². The Hall–Kier alpha value is -2.63. The molecule has 0 spiro atoms. The molecule has 0 radical (unpaired) electrons. The third-order valence-corrected chi connectivity index (χ3v) is 14.3. The quantitative estimate of drug-likeness (QED) is 0.0261. The summed E-state index contributed by atoms with van der Waals surface area (Å²) in [6, 6.07) is 0. The van der Waals surface area contributed by atoms with Gasteiger partial charge in [0.25, 0.3) is 0 Å². The molecule has 0 aliphatic carbocycles. The van der Waals surface area contributed by atoms with E-state index >= 15 is 0 Å². The van der Waals surface area contributed by atoms with Crippen molar-refractivity contribution in [1.29, 1.82) is 0 Å². The maximum absolute atomic E-state index is 12.9. The Kier molecular flexibility index (Phi) is 59.7. The third kappa shape index (κ3) is 60.1. The standard InChI is InChI=1S/C67H122O6/c1-4-7-10-13-16-19-21-23-25-27-29-31-32-33-34-35-36-37-39-40-42-44-46-48-51-54-57-60-66(69)72-63-64(62-71-65(68)59-56-53-50-18-15-12-9-6-3)73-67(70)61-58-55-52-49-47-45-43-41-38-30-28-26-24-22-20-17-14-11-8-5-2/h7,10,16,19,23,25,29,31,64H,4-6,8-9,11-15,17-18,20-22,24,26-28,30,32-63H2,1-3H3/b10-7-,19-16-,25-23-,31-29-. The van der Waals surface area contributed by atoms with E-state index in [9.17, 15) is 14.4 Å². The van der Waals surface area contributed by atoms with E-state index in [0.29, 0.717) is 19.3 Å². The third-order valence-electron chi connectivity index (χ3n) is 14.3. The molecule has 0 aliphatic heterocycles. The molecule has 6 heteroatoms. The van der Waals surface area contributed by atoms with Gasteiger partial charge in [-0.1, -0.05) is 313 Å². The minimum atomic E-state index is -0.767. The van der Waals surface area contributed by atoms with E-state index in [1.807, 2.05) is 0 Å². The zero-order valence-corrected chi connectivity index (χ0v) is 48.9. The van der Waals surface area contributed by atoms with Crippen LogP contribution in [0.25, 0.3) is 0 Å². The molecule has 0 saturated carbocycles. The van der Waals surface area contributed by atoms with Crippen LogP contribution in [0.4, 0.5) is 0 Å². The molecule has 426 valence electrons. The smallest absolute Gasteiger partial charge is 0.306 e. The number of carbonyl (C=O) groups excluding carboxylic acids is 3. The van der Waals surface area contributed by atoms with Gasteiger partial charge >= 0.3 is 17.9 Å². The van der Waals surface area contributed by atoms with Gasteiger partial charge in [-0.25, -0.2) is 0 Å². The van der Waals surface area contributed by atoms with Crippen molar-refractivity contribution in [3.63, 3.8) is 0 Å². The van der Waals surface area contributed by atoms with E-state index in [1.54, 1.807) is 0 Å². The fourth-order valence-electron chi connectivity index (χ4n) is 9.56. The lowest BCUT2D eigenvalue weighted by atomic mass is 10.0. The Morgan fingerprint density at radius 2 is 0.534 bits per heavy atom. The van der Waals surface area contributed by atoms with Gasteiger partial charge in [0.05, 0.1) is 0 Å². The molecular weight excluding hydrogens is 901 g/mol. The Balaban J connectivity index is 4.11. The Labute approximate surface area is 454 Å². The average Bonchev–Trinajstić information content (AvgIpc) is 3.39. The van der Waals surface area contributed by atoms with Gasteiger partial charge in [0.2, 0.25) is 0 Å². The van der Waals surface area contributed by atoms with E-state index in [0.717, 1.165) is 83.5 Å². The molecule has 0 N–H and O–H groups in total. The summed E-state index contributed by atoms with van der Waals surface area (Å²) in [6.45, 7) is 6.55. The van der Waals surface area contributed by atoms with Crippen LogP contribution < -0.4 is 0 Å². The van der Waals surface area contributed by atoms with Gasteiger partial charge in [0.15, 0.2) is 6.10 Å². The van der Waals surface area contributed by atoms with Crippen molar-refractivity contribution in [2.75, 3.05) is 13.2 Å². The van der Waals surface area contributed by atoms with Gasteiger partial charge in [-0.15, -0.1) is 0 Å². The van der Waals surface area contributed by atoms with Crippen LogP contribution in [-0.4, -0.2) is 37.2 Å². The van der Waals surface area contributed by atoms with Gasteiger partial charge < -0.3 is 14.2 Å². The van der Waals surface area contributed by atoms with Crippen molar-refractivity contribution in [2.24, 2.45) is 0 Å². The summed E-state index contributed by atoms with van der Waals surface area (Å²) in [5, 5.41) is 0. The molecule has 6 nitrogen and oxygen atoms in total. The molecule has 73 heavy (non-hydrogen) atoms. The predicted octanol–water partition coefficient (Wildman–Crippen LogP) is 21.8. The van der Waals surface area contributed by atoms with Gasteiger partial charge in [0, 0.05) is 19.3 Å². The van der Waals surface area contributed by atoms with Crippen LogP contribution in [0.3, 0.4) is 0 Å². The highest BCUT2D eigenvalue weighted by Gasteiger charge is 2.19. The molecule has 0 saturated heterocycles. The Morgan fingerprint density at radius 1 is 0.288 bits per heavy atom. The van der Waals surface area contributed by atoms with Crippen molar-refractivity contribution in [1.82, 2.24) is 0 Å². The van der Waals surface area contributed by atoms with Crippen LogP contribution in [-0.2, 0) is 28.6 Å². The summed E-state index contributed by atoms with van der Waals surface area (Å²) in [6.07, 6.45) is 77.1. The van der Waals surface area contributed by atoms with Crippen LogP contribution in [0, 0.1) is 0 Å². The number of rotatable bonds is 59. The van der Waals surface area contributed by atoms with Gasteiger partial charge in [-0.2, -0.15) is 0 Å². The van der Waals surface area contributed by atoms with E-state index < -0.39 is 6.10 Å². The molecule has 0 amide bonds. The van der Waals surface area contributed by atoms with Crippen LogP contribution >= 0.6 is 0 Å². The number of allylic oxidation sites excluding steroid dienone is 8. The number of ether oxygens (including phenoxy) is 3. The summed E-state index contributed by atoms with van der Waals surface area (Å²) in [5.41, 5.74) is 0. The molecule has 0 aromatic carbocycles. The highest BCUT2D eigenvalue weighted by molar-refractivity contribution is 5.71. The molecular formula is C67H122O6. The summed E-state index contributed by atoms with van der Waals surface area (Å²) in [4.78, 5) is 38.1. The van der Waals surface area contributed by atoms with Crippen molar-refractivity contribution in [3.05, 3.63) is 48.6 Å². The minimum Gasteiger partial charge on any atom is -0.462 e. The monoisotopic (exact) mass is 1020 g/mol. The second-order valence-corrected chi connectivity index (χ2v) is 21.7. The summed E-state index contributed by atoms with van der Waals surface area (Å²) < 4.78 is 16.9. The lowest BCUT2D eigenvalue weighted by molar-refractivity contribution is -0.167. The lowest BCUT2D eigenvalue weighted by Gasteiger charge is -2.18. The SMILES string of the molecule is CC/C=C\C/C=C\C/C=C\C/C=C\CCCCCCCCCCCCCCCCC(=O)OCC(COC(=O)CCCCCCCCCC)OC(=O)CCCCCCCCCCCCCCCCCCCCCC. The number of hydrogen-bond acceptors (Lipinski definition) is 6. The second kappa shape index (κ2) is 61.9. The predicted molar refractivity (Wildman–Crippen MR) is 316 cm³/mol. The summed E-state index contributed by atoms with van der Waals surface area (Å²) >= 11 is 0. The molecule has 0 aromatic heterocycles. The first-order valence-corrected chi connectivity index (χ1v) is 32.1. The molecule has 0 aromatic rings. The number of unbranched alkanes of at least 4 members (excludes halogenated alkanes) is 40. The fourth-order valence-corrected chi connectivity index (χ4v) is 9.56. The second-order valence-electron chi connectivity index (χ2n) is 21.7. The molecule has 0 aliphatic rings. The topological polar surface area (TPSA) is 78.9 Å². The molecule has 1 unspecified atom stereocenters.